The van der Waals surface area contributed by atoms with Crippen molar-refractivity contribution in [2.24, 2.45) is 0 Å². The Balaban J connectivity index is 1.92. The van der Waals surface area contributed by atoms with Gasteiger partial charge < -0.3 is 5.32 Å². The first-order valence-electron chi connectivity index (χ1n) is 6.95. The smallest absolute Gasteiger partial charge is 0.261 e. The van der Waals surface area contributed by atoms with Crippen LogP contribution in [-0.4, -0.2) is 15.5 Å². The Bertz CT molecular complexity index is 1030. The van der Waals surface area contributed by atoms with Crippen molar-refractivity contribution in [3.63, 3.8) is 0 Å². The van der Waals surface area contributed by atoms with E-state index in [1.807, 2.05) is 0 Å². The molecule has 1 amide bonds. The number of nitrogens with zero attached hydrogens (tertiary/aromatic N) is 2. The maximum atomic E-state index is 12.5. The maximum Gasteiger partial charge on any atom is 0.261 e. The van der Waals surface area contributed by atoms with Gasteiger partial charge in [0.2, 0.25) is 5.91 Å². The molecule has 0 aliphatic carbocycles. The molecule has 1 heterocycles. The highest BCUT2D eigenvalue weighted by Gasteiger charge is 2.13. The van der Waals surface area contributed by atoms with E-state index in [-0.39, 0.29) is 22.6 Å². The van der Waals surface area contributed by atoms with Crippen molar-refractivity contribution in [1.82, 2.24) is 9.55 Å². The minimum atomic E-state index is -0.480. The SMILES string of the molecule is O=C(Cn1cnc2c(Cl)cc(Cl)cc2c1=O)Nc1c(Cl)cccc1Cl. The number of para-hydroxylation sites is 1. The normalized spacial score (nSPS) is 10.9. The molecule has 0 spiro atoms. The molecule has 0 saturated carbocycles. The number of benzene rings is 2. The van der Waals surface area contributed by atoms with Crippen LogP contribution in [0.25, 0.3) is 10.9 Å². The first-order chi connectivity index (χ1) is 11.9. The standard InChI is InChI=1S/C16H9Cl4N3O2/c17-8-4-9-14(12(20)5-8)21-7-23(16(9)25)6-13(24)22-15-10(18)2-1-3-11(15)19/h1-5,7H,6H2,(H,22,24). The van der Waals surface area contributed by atoms with Gasteiger partial charge in [-0.3, -0.25) is 14.2 Å². The summed E-state index contributed by atoms with van der Waals surface area (Å²) in [4.78, 5) is 28.9. The van der Waals surface area contributed by atoms with E-state index < -0.39 is 11.5 Å². The Kier molecular flexibility index (Phi) is 5.20. The summed E-state index contributed by atoms with van der Waals surface area (Å²) in [5.74, 6) is -0.480. The highest BCUT2D eigenvalue weighted by molar-refractivity contribution is 6.40. The molecule has 0 saturated heterocycles. The number of amides is 1. The molecule has 3 aromatic rings. The second kappa shape index (κ2) is 7.22. The average molecular weight is 417 g/mol. The van der Waals surface area contributed by atoms with Crippen LogP contribution in [0, 0.1) is 0 Å². The van der Waals surface area contributed by atoms with Crippen molar-refractivity contribution in [3.8, 4) is 0 Å². The van der Waals surface area contributed by atoms with Crippen LogP contribution < -0.4 is 10.9 Å². The van der Waals surface area contributed by atoms with Gasteiger partial charge in [-0.05, 0) is 24.3 Å². The number of hydrogen-bond donors (Lipinski definition) is 1. The lowest BCUT2D eigenvalue weighted by Crippen LogP contribution is -2.28. The van der Waals surface area contributed by atoms with Crippen molar-refractivity contribution < 1.29 is 4.79 Å². The van der Waals surface area contributed by atoms with E-state index in [9.17, 15) is 9.59 Å². The van der Waals surface area contributed by atoms with Crippen molar-refractivity contribution in [2.45, 2.75) is 6.54 Å². The zero-order valence-electron chi connectivity index (χ0n) is 12.4. The molecule has 1 N–H and O–H groups in total. The second-order valence-electron chi connectivity index (χ2n) is 5.11. The van der Waals surface area contributed by atoms with Gasteiger partial charge in [0.05, 0.1) is 38.0 Å². The third-order valence-electron chi connectivity index (χ3n) is 3.39. The van der Waals surface area contributed by atoms with Crippen LogP contribution in [-0.2, 0) is 11.3 Å². The van der Waals surface area contributed by atoms with Crippen molar-refractivity contribution in [1.29, 1.82) is 0 Å². The molecule has 2 aromatic carbocycles. The summed E-state index contributed by atoms with van der Waals surface area (Å²) in [6, 6.07) is 7.80. The molecule has 0 atom stereocenters. The van der Waals surface area contributed by atoms with E-state index in [4.69, 9.17) is 46.4 Å². The molecule has 3 rings (SSSR count). The fourth-order valence-corrected chi connectivity index (χ4v) is 3.29. The van der Waals surface area contributed by atoms with Crippen LogP contribution in [0.3, 0.4) is 0 Å². The monoisotopic (exact) mass is 415 g/mol. The molecule has 0 bridgehead atoms. The van der Waals surface area contributed by atoms with Gasteiger partial charge in [0.15, 0.2) is 0 Å². The van der Waals surface area contributed by atoms with Crippen LogP contribution in [0.1, 0.15) is 0 Å². The van der Waals surface area contributed by atoms with Gasteiger partial charge in [-0.25, -0.2) is 4.98 Å². The number of anilines is 1. The van der Waals surface area contributed by atoms with Gasteiger partial charge in [-0.15, -0.1) is 0 Å². The van der Waals surface area contributed by atoms with Gasteiger partial charge in [0.1, 0.15) is 6.54 Å². The van der Waals surface area contributed by atoms with Crippen LogP contribution in [0.15, 0.2) is 41.5 Å². The zero-order valence-corrected chi connectivity index (χ0v) is 15.4. The third kappa shape index (κ3) is 3.75. The van der Waals surface area contributed by atoms with E-state index in [0.717, 1.165) is 4.57 Å². The third-order valence-corrected chi connectivity index (χ3v) is 4.52. The molecule has 128 valence electrons. The van der Waals surface area contributed by atoms with E-state index in [1.165, 1.54) is 18.5 Å². The summed E-state index contributed by atoms with van der Waals surface area (Å²) in [7, 11) is 0. The van der Waals surface area contributed by atoms with Crippen LogP contribution in [0.5, 0.6) is 0 Å². The Hall–Kier alpha value is -1.79. The summed E-state index contributed by atoms with van der Waals surface area (Å²) < 4.78 is 1.15. The van der Waals surface area contributed by atoms with E-state index in [1.54, 1.807) is 18.2 Å². The molecular weight excluding hydrogens is 408 g/mol. The summed E-state index contributed by atoms with van der Waals surface area (Å²) in [6.45, 7) is -0.270. The maximum absolute atomic E-state index is 12.5. The lowest BCUT2D eigenvalue weighted by Gasteiger charge is -2.11. The number of rotatable bonds is 3. The molecule has 1 aromatic heterocycles. The number of carbonyl (C=O) groups excluding carboxylic acids is 1. The molecule has 9 heteroatoms. The van der Waals surface area contributed by atoms with Crippen molar-refractivity contribution in [3.05, 3.63) is 67.1 Å². The Morgan fingerprint density at radius 2 is 1.76 bits per heavy atom. The van der Waals surface area contributed by atoms with E-state index >= 15 is 0 Å². The summed E-state index contributed by atoms with van der Waals surface area (Å²) in [6.07, 6.45) is 1.25. The Morgan fingerprint density at radius 3 is 2.44 bits per heavy atom. The van der Waals surface area contributed by atoms with Gasteiger partial charge in [-0.1, -0.05) is 52.5 Å². The predicted octanol–water partition coefficient (Wildman–Crippen LogP) is 4.65. The predicted molar refractivity (Wildman–Crippen MR) is 101 cm³/mol. The highest BCUT2D eigenvalue weighted by atomic mass is 35.5. The van der Waals surface area contributed by atoms with Crippen LogP contribution in [0.4, 0.5) is 5.69 Å². The largest absolute Gasteiger partial charge is 0.322 e. The first kappa shape index (κ1) is 18.0. The lowest BCUT2D eigenvalue weighted by molar-refractivity contribution is -0.116. The fraction of sp³-hybridized carbons (Fsp3) is 0.0625. The van der Waals surface area contributed by atoms with Gasteiger partial charge >= 0.3 is 0 Å². The summed E-state index contributed by atoms with van der Waals surface area (Å²) in [5, 5.41) is 3.97. The van der Waals surface area contributed by atoms with E-state index in [2.05, 4.69) is 10.3 Å². The fourth-order valence-electron chi connectivity index (χ4n) is 2.26. The van der Waals surface area contributed by atoms with E-state index in [0.29, 0.717) is 20.6 Å². The minimum absolute atomic E-state index is 0.226. The number of aromatic nitrogens is 2. The quantitative estimate of drug-likeness (QED) is 0.675. The summed E-state index contributed by atoms with van der Waals surface area (Å²) >= 11 is 24.0. The van der Waals surface area contributed by atoms with Crippen molar-refractivity contribution in [2.75, 3.05) is 5.32 Å². The van der Waals surface area contributed by atoms with Gasteiger partial charge in [0, 0.05) is 5.02 Å². The molecule has 0 unspecified atom stereocenters. The molecule has 5 nitrogen and oxygen atoms in total. The zero-order chi connectivity index (χ0) is 18.1. The molecule has 0 radical (unpaired) electrons. The second-order valence-corrected chi connectivity index (χ2v) is 6.76. The van der Waals surface area contributed by atoms with Gasteiger partial charge in [0.25, 0.3) is 5.56 Å². The van der Waals surface area contributed by atoms with Crippen molar-refractivity contribution >= 4 is 68.9 Å². The summed E-state index contributed by atoms with van der Waals surface area (Å²) in [5.41, 5.74) is 0.167. The average Bonchev–Trinajstić information content (AvgIpc) is 2.54. The van der Waals surface area contributed by atoms with Crippen LogP contribution >= 0.6 is 46.4 Å². The molecule has 25 heavy (non-hydrogen) atoms. The number of nitrogens with one attached hydrogen (secondary N) is 1. The first-order valence-corrected chi connectivity index (χ1v) is 8.46. The lowest BCUT2D eigenvalue weighted by atomic mass is 10.2. The molecule has 0 fully saturated rings. The highest BCUT2D eigenvalue weighted by Crippen LogP contribution is 2.29. The topological polar surface area (TPSA) is 64.0 Å². The molecular formula is C16H9Cl4N3O2. The minimum Gasteiger partial charge on any atom is -0.322 e. The number of hydrogen-bond acceptors (Lipinski definition) is 3. The molecule has 0 aliphatic rings. The van der Waals surface area contributed by atoms with Gasteiger partial charge in [-0.2, -0.15) is 0 Å². The number of carbonyl (C=O) groups is 1. The van der Waals surface area contributed by atoms with Crippen LogP contribution in [0.2, 0.25) is 20.1 Å². The Morgan fingerprint density at radius 1 is 1.08 bits per heavy atom. The number of halogens is 4. The Labute approximate surface area is 162 Å². The number of fused-ring (bicyclic) bond motifs is 1. The molecule has 0 aliphatic heterocycles.